The van der Waals surface area contributed by atoms with Crippen LogP contribution in [-0.2, 0) is 14.3 Å². The monoisotopic (exact) mass is 423 g/mol. The topological polar surface area (TPSA) is 38.8 Å². The second kappa shape index (κ2) is 12.6. The van der Waals surface area contributed by atoms with Crippen LogP contribution >= 0.6 is 0 Å². The van der Waals surface area contributed by atoms with E-state index in [9.17, 15) is 4.79 Å². The van der Waals surface area contributed by atoms with Gasteiger partial charge in [0.05, 0.1) is 13.2 Å². The number of piperidine rings is 1. The molecule has 3 rings (SSSR count). The van der Waals surface area contributed by atoms with Crippen molar-refractivity contribution < 1.29 is 14.3 Å². The van der Waals surface area contributed by atoms with Crippen molar-refractivity contribution in [1.82, 2.24) is 4.90 Å². The van der Waals surface area contributed by atoms with Gasteiger partial charge >= 0.3 is 5.97 Å². The lowest BCUT2D eigenvalue weighted by Crippen LogP contribution is -2.36. The zero-order valence-electron chi connectivity index (χ0n) is 19.1. The number of carbonyl (C=O) groups excluding carboxylic acids is 1. The standard InChI is InChI=1S/C27H37NO3/c1-3-30-26(29)11-7-8-23-16-18-28(19-17-23)20-21-31-27(24-9-5-4-6-10-24)25-14-12-22(2)13-15-25/h4-6,9-10,12-15,23,27H,3,7-8,11,16-21H2,1-2H3. The minimum absolute atomic E-state index is 0.0257. The first-order valence-corrected chi connectivity index (χ1v) is 11.8. The highest BCUT2D eigenvalue weighted by molar-refractivity contribution is 5.69. The van der Waals surface area contributed by atoms with Crippen molar-refractivity contribution in [1.29, 1.82) is 0 Å². The highest BCUT2D eigenvalue weighted by Crippen LogP contribution is 2.27. The van der Waals surface area contributed by atoms with Crippen LogP contribution in [0.1, 0.15) is 61.8 Å². The molecule has 0 spiro atoms. The second-order valence-electron chi connectivity index (χ2n) is 8.55. The Kier molecular flexibility index (Phi) is 9.57. The molecule has 0 aliphatic carbocycles. The summed E-state index contributed by atoms with van der Waals surface area (Å²) in [7, 11) is 0. The highest BCUT2D eigenvalue weighted by atomic mass is 16.5. The molecule has 1 heterocycles. The van der Waals surface area contributed by atoms with Crippen LogP contribution in [0.3, 0.4) is 0 Å². The Hall–Kier alpha value is -2.17. The maximum Gasteiger partial charge on any atom is 0.305 e. The molecule has 168 valence electrons. The van der Waals surface area contributed by atoms with Gasteiger partial charge in [0.25, 0.3) is 0 Å². The van der Waals surface area contributed by atoms with Crippen LogP contribution in [0, 0.1) is 12.8 Å². The van der Waals surface area contributed by atoms with Crippen molar-refractivity contribution in [3.8, 4) is 0 Å². The third kappa shape index (κ3) is 7.79. The van der Waals surface area contributed by atoms with Crippen LogP contribution in [-0.4, -0.2) is 43.7 Å². The lowest BCUT2D eigenvalue weighted by molar-refractivity contribution is -0.143. The van der Waals surface area contributed by atoms with Gasteiger partial charge < -0.3 is 14.4 Å². The molecule has 4 nitrogen and oxygen atoms in total. The number of hydrogen-bond donors (Lipinski definition) is 0. The summed E-state index contributed by atoms with van der Waals surface area (Å²) in [6.45, 7) is 8.38. The van der Waals surface area contributed by atoms with E-state index in [1.807, 2.05) is 13.0 Å². The lowest BCUT2D eigenvalue weighted by atomic mass is 9.91. The van der Waals surface area contributed by atoms with Crippen LogP contribution in [0.25, 0.3) is 0 Å². The van der Waals surface area contributed by atoms with Crippen molar-refractivity contribution in [2.75, 3.05) is 32.8 Å². The van der Waals surface area contributed by atoms with E-state index < -0.39 is 0 Å². The molecule has 1 fully saturated rings. The van der Waals surface area contributed by atoms with Gasteiger partial charge in [0, 0.05) is 13.0 Å². The molecular formula is C27H37NO3. The zero-order chi connectivity index (χ0) is 21.9. The number of nitrogens with zero attached hydrogens (tertiary/aromatic N) is 1. The summed E-state index contributed by atoms with van der Waals surface area (Å²) in [4.78, 5) is 14.0. The van der Waals surface area contributed by atoms with Gasteiger partial charge in [-0.1, -0.05) is 60.2 Å². The SMILES string of the molecule is CCOC(=O)CCCC1CCN(CCOC(c2ccccc2)c2ccc(C)cc2)CC1. The number of benzene rings is 2. The average molecular weight is 424 g/mol. The predicted octanol–water partition coefficient (Wildman–Crippen LogP) is 5.55. The molecule has 0 amide bonds. The van der Waals surface area contributed by atoms with Crippen molar-refractivity contribution in [2.24, 2.45) is 5.92 Å². The molecule has 0 radical (unpaired) electrons. The largest absolute Gasteiger partial charge is 0.466 e. The minimum Gasteiger partial charge on any atom is -0.466 e. The molecule has 0 aromatic heterocycles. The fraction of sp³-hybridized carbons (Fsp3) is 0.519. The summed E-state index contributed by atoms with van der Waals surface area (Å²) in [6.07, 6.45) is 5.03. The van der Waals surface area contributed by atoms with Crippen LogP contribution in [0.15, 0.2) is 54.6 Å². The first-order chi connectivity index (χ1) is 15.2. The molecule has 1 atom stereocenters. The van der Waals surface area contributed by atoms with Gasteiger partial charge in [-0.3, -0.25) is 4.79 Å². The fourth-order valence-electron chi connectivity index (χ4n) is 4.32. The van der Waals surface area contributed by atoms with E-state index in [-0.39, 0.29) is 12.1 Å². The Labute approximate surface area is 187 Å². The Morgan fingerprint density at radius 1 is 1.03 bits per heavy atom. The number of aryl methyl sites for hydroxylation is 1. The van der Waals surface area contributed by atoms with E-state index in [2.05, 4.69) is 60.4 Å². The fourth-order valence-corrected chi connectivity index (χ4v) is 4.32. The molecular weight excluding hydrogens is 386 g/mol. The molecule has 4 heteroatoms. The number of ether oxygens (including phenoxy) is 2. The first-order valence-electron chi connectivity index (χ1n) is 11.8. The summed E-state index contributed by atoms with van der Waals surface area (Å²) < 4.78 is 11.4. The van der Waals surface area contributed by atoms with Crippen molar-refractivity contribution in [2.45, 2.75) is 52.1 Å². The van der Waals surface area contributed by atoms with Gasteiger partial charge in [-0.15, -0.1) is 0 Å². The van der Waals surface area contributed by atoms with Crippen molar-refractivity contribution in [3.63, 3.8) is 0 Å². The lowest BCUT2D eigenvalue weighted by Gasteiger charge is -2.32. The van der Waals surface area contributed by atoms with E-state index in [0.29, 0.717) is 13.0 Å². The summed E-state index contributed by atoms with van der Waals surface area (Å²) in [5.74, 6) is 0.676. The van der Waals surface area contributed by atoms with Gasteiger partial charge in [-0.05, 0) is 69.7 Å². The second-order valence-corrected chi connectivity index (χ2v) is 8.55. The van der Waals surface area contributed by atoms with Crippen LogP contribution in [0.5, 0.6) is 0 Å². The van der Waals surface area contributed by atoms with Gasteiger partial charge in [-0.2, -0.15) is 0 Å². The molecule has 2 aromatic rings. The van der Waals surface area contributed by atoms with E-state index in [1.54, 1.807) is 0 Å². The molecule has 31 heavy (non-hydrogen) atoms. The Morgan fingerprint density at radius 2 is 1.71 bits per heavy atom. The van der Waals surface area contributed by atoms with Gasteiger partial charge in [0.15, 0.2) is 0 Å². The summed E-state index contributed by atoms with van der Waals surface area (Å²) in [6, 6.07) is 19.1. The van der Waals surface area contributed by atoms with Crippen LogP contribution in [0.4, 0.5) is 0 Å². The Bertz CT molecular complexity index is 767. The molecule has 1 aliphatic heterocycles. The summed E-state index contributed by atoms with van der Waals surface area (Å²) in [5.41, 5.74) is 3.67. The van der Waals surface area contributed by atoms with Crippen LogP contribution < -0.4 is 0 Å². The average Bonchev–Trinajstić information content (AvgIpc) is 2.79. The zero-order valence-corrected chi connectivity index (χ0v) is 19.1. The number of likely N-dealkylation sites (tertiary alicyclic amines) is 1. The summed E-state index contributed by atoms with van der Waals surface area (Å²) >= 11 is 0. The molecule has 1 unspecified atom stereocenters. The quantitative estimate of drug-likeness (QED) is 0.445. The predicted molar refractivity (Wildman–Crippen MR) is 125 cm³/mol. The van der Waals surface area contributed by atoms with E-state index in [4.69, 9.17) is 9.47 Å². The summed E-state index contributed by atoms with van der Waals surface area (Å²) in [5, 5.41) is 0. The first kappa shape index (κ1) is 23.5. The van der Waals surface area contributed by atoms with Crippen LogP contribution in [0.2, 0.25) is 0 Å². The number of rotatable bonds is 11. The maximum atomic E-state index is 11.5. The number of carbonyl (C=O) groups is 1. The van der Waals surface area contributed by atoms with Gasteiger partial charge in [-0.25, -0.2) is 0 Å². The highest BCUT2D eigenvalue weighted by Gasteiger charge is 2.20. The Morgan fingerprint density at radius 3 is 2.39 bits per heavy atom. The third-order valence-electron chi connectivity index (χ3n) is 6.18. The number of esters is 1. The normalized spacial score (nSPS) is 16.2. The molecule has 0 N–H and O–H groups in total. The minimum atomic E-state index is -0.0568. The van der Waals surface area contributed by atoms with E-state index in [1.165, 1.54) is 29.5 Å². The van der Waals surface area contributed by atoms with Gasteiger partial charge in [0.2, 0.25) is 0 Å². The molecule has 0 bridgehead atoms. The molecule has 1 aliphatic rings. The molecule has 1 saturated heterocycles. The molecule has 0 saturated carbocycles. The van der Waals surface area contributed by atoms with Crippen molar-refractivity contribution >= 4 is 5.97 Å². The van der Waals surface area contributed by atoms with E-state index in [0.717, 1.165) is 45.0 Å². The van der Waals surface area contributed by atoms with E-state index >= 15 is 0 Å². The third-order valence-corrected chi connectivity index (χ3v) is 6.18. The Balaban J connectivity index is 1.42. The van der Waals surface area contributed by atoms with Crippen molar-refractivity contribution in [3.05, 3.63) is 71.3 Å². The maximum absolute atomic E-state index is 11.5. The smallest absolute Gasteiger partial charge is 0.305 e. The molecule has 2 aromatic carbocycles. The number of hydrogen-bond acceptors (Lipinski definition) is 4. The van der Waals surface area contributed by atoms with Gasteiger partial charge in [0.1, 0.15) is 6.10 Å².